The molecule has 16 heavy (non-hydrogen) atoms. The van der Waals surface area contributed by atoms with E-state index in [9.17, 15) is 4.79 Å². The van der Waals surface area contributed by atoms with E-state index < -0.39 is 0 Å². The summed E-state index contributed by atoms with van der Waals surface area (Å²) >= 11 is 0. The zero-order valence-electron chi connectivity index (χ0n) is 10.3. The van der Waals surface area contributed by atoms with Gasteiger partial charge in [-0.25, -0.2) is 4.79 Å². The number of nitrogens with zero attached hydrogens (tertiary/aromatic N) is 2. The zero-order chi connectivity index (χ0) is 11.5. The Balaban J connectivity index is 1.97. The van der Waals surface area contributed by atoms with Gasteiger partial charge in [-0.3, -0.25) is 0 Å². The van der Waals surface area contributed by atoms with Gasteiger partial charge in [-0.05, 0) is 18.8 Å². The summed E-state index contributed by atoms with van der Waals surface area (Å²) in [5, 5.41) is 0. The van der Waals surface area contributed by atoms with E-state index in [1.807, 2.05) is 4.90 Å². The summed E-state index contributed by atoms with van der Waals surface area (Å²) < 4.78 is 5.27. The van der Waals surface area contributed by atoms with Gasteiger partial charge in [-0.2, -0.15) is 0 Å². The van der Waals surface area contributed by atoms with E-state index in [-0.39, 0.29) is 6.03 Å². The van der Waals surface area contributed by atoms with Crippen LogP contribution in [0.5, 0.6) is 0 Å². The maximum Gasteiger partial charge on any atom is 0.320 e. The van der Waals surface area contributed by atoms with Crippen LogP contribution in [0.1, 0.15) is 26.7 Å². The first-order valence-corrected chi connectivity index (χ1v) is 6.33. The van der Waals surface area contributed by atoms with Crippen molar-refractivity contribution in [2.45, 2.75) is 32.7 Å². The molecule has 1 atom stereocenters. The van der Waals surface area contributed by atoms with Crippen LogP contribution >= 0.6 is 0 Å². The standard InChI is InChI=1S/C12H22N2O2/c1-10(2)11-4-3-5-14(11)12(15)13-6-8-16-9-7-13/h10-11H,3-9H2,1-2H3. The van der Waals surface area contributed by atoms with Gasteiger partial charge in [0.1, 0.15) is 0 Å². The fourth-order valence-corrected chi connectivity index (χ4v) is 2.66. The summed E-state index contributed by atoms with van der Waals surface area (Å²) in [6.45, 7) is 8.21. The molecule has 0 N–H and O–H groups in total. The highest BCUT2D eigenvalue weighted by Crippen LogP contribution is 2.25. The predicted octanol–water partition coefficient (Wildman–Crippen LogP) is 1.56. The van der Waals surface area contributed by atoms with E-state index in [0.29, 0.717) is 25.2 Å². The maximum absolute atomic E-state index is 12.3. The lowest BCUT2D eigenvalue weighted by Crippen LogP contribution is -2.50. The Morgan fingerprint density at radius 1 is 1.25 bits per heavy atom. The quantitative estimate of drug-likeness (QED) is 0.679. The molecule has 0 aliphatic carbocycles. The zero-order valence-corrected chi connectivity index (χ0v) is 10.3. The summed E-state index contributed by atoms with van der Waals surface area (Å²) in [5.74, 6) is 0.562. The smallest absolute Gasteiger partial charge is 0.320 e. The lowest BCUT2D eigenvalue weighted by molar-refractivity contribution is 0.0405. The predicted molar refractivity (Wildman–Crippen MR) is 62.4 cm³/mol. The van der Waals surface area contributed by atoms with Crippen LogP contribution in [0.3, 0.4) is 0 Å². The van der Waals surface area contributed by atoms with E-state index in [2.05, 4.69) is 18.7 Å². The molecule has 0 radical (unpaired) electrons. The summed E-state index contributed by atoms with van der Waals surface area (Å²) in [7, 11) is 0. The van der Waals surface area contributed by atoms with Crippen molar-refractivity contribution in [3.63, 3.8) is 0 Å². The first-order chi connectivity index (χ1) is 7.70. The van der Waals surface area contributed by atoms with Crippen LogP contribution in [0.25, 0.3) is 0 Å². The van der Waals surface area contributed by atoms with Gasteiger partial charge < -0.3 is 14.5 Å². The molecule has 0 aromatic carbocycles. The second-order valence-corrected chi connectivity index (χ2v) is 5.03. The van der Waals surface area contributed by atoms with Crippen LogP contribution in [0.15, 0.2) is 0 Å². The summed E-state index contributed by atoms with van der Waals surface area (Å²) in [5.41, 5.74) is 0. The number of hydrogen-bond donors (Lipinski definition) is 0. The molecular formula is C12H22N2O2. The van der Waals surface area contributed by atoms with Crippen molar-refractivity contribution in [1.82, 2.24) is 9.80 Å². The van der Waals surface area contributed by atoms with Crippen LogP contribution in [-0.2, 0) is 4.74 Å². The fraction of sp³-hybridized carbons (Fsp3) is 0.917. The molecule has 2 rings (SSSR count). The number of rotatable bonds is 1. The summed E-state index contributed by atoms with van der Waals surface area (Å²) in [6, 6.07) is 0.662. The van der Waals surface area contributed by atoms with E-state index >= 15 is 0 Å². The third kappa shape index (κ3) is 2.32. The fourth-order valence-electron chi connectivity index (χ4n) is 2.66. The van der Waals surface area contributed by atoms with Gasteiger partial charge >= 0.3 is 6.03 Å². The van der Waals surface area contributed by atoms with Gasteiger partial charge in [0.05, 0.1) is 13.2 Å². The number of carbonyl (C=O) groups excluding carboxylic acids is 1. The largest absolute Gasteiger partial charge is 0.378 e. The highest BCUT2D eigenvalue weighted by molar-refractivity contribution is 5.75. The van der Waals surface area contributed by atoms with Crippen LogP contribution in [0.4, 0.5) is 4.79 Å². The summed E-state index contributed by atoms with van der Waals surface area (Å²) in [6.07, 6.45) is 2.31. The third-order valence-corrected chi connectivity index (χ3v) is 3.60. The van der Waals surface area contributed by atoms with Crippen molar-refractivity contribution in [1.29, 1.82) is 0 Å². The minimum atomic E-state index is 0.222. The highest BCUT2D eigenvalue weighted by Gasteiger charge is 2.33. The molecule has 4 nitrogen and oxygen atoms in total. The Morgan fingerprint density at radius 3 is 2.56 bits per heavy atom. The normalized spacial score (nSPS) is 26.6. The third-order valence-electron chi connectivity index (χ3n) is 3.60. The lowest BCUT2D eigenvalue weighted by Gasteiger charge is -2.35. The first-order valence-electron chi connectivity index (χ1n) is 6.33. The molecule has 92 valence electrons. The first kappa shape index (κ1) is 11.7. The van der Waals surface area contributed by atoms with Crippen LogP contribution < -0.4 is 0 Å². The monoisotopic (exact) mass is 226 g/mol. The minimum Gasteiger partial charge on any atom is -0.378 e. The molecule has 2 aliphatic heterocycles. The van der Waals surface area contributed by atoms with Crippen molar-refractivity contribution in [2.24, 2.45) is 5.92 Å². The van der Waals surface area contributed by atoms with Gasteiger partial charge in [-0.15, -0.1) is 0 Å². The SMILES string of the molecule is CC(C)C1CCCN1C(=O)N1CCOCC1. The van der Waals surface area contributed by atoms with Crippen LogP contribution in [-0.4, -0.2) is 54.7 Å². The van der Waals surface area contributed by atoms with E-state index in [1.165, 1.54) is 0 Å². The number of urea groups is 1. The van der Waals surface area contributed by atoms with Crippen molar-refractivity contribution < 1.29 is 9.53 Å². The topological polar surface area (TPSA) is 32.8 Å². The average molecular weight is 226 g/mol. The molecule has 4 heteroatoms. The second-order valence-electron chi connectivity index (χ2n) is 5.03. The molecule has 2 heterocycles. The van der Waals surface area contributed by atoms with Gasteiger partial charge in [0, 0.05) is 25.7 Å². The molecule has 2 aliphatic rings. The van der Waals surface area contributed by atoms with E-state index in [0.717, 1.165) is 32.5 Å². The minimum absolute atomic E-state index is 0.222. The number of carbonyl (C=O) groups is 1. The molecule has 0 saturated carbocycles. The molecule has 0 spiro atoms. The van der Waals surface area contributed by atoms with Crippen molar-refractivity contribution in [2.75, 3.05) is 32.8 Å². The molecular weight excluding hydrogens is 204 g/mol. The van der Waals surface area contributed by atoms with Gasteiger partial charge in [0.25, 0.3) is 0 Å². The van der Waals surface area contributed by atoms with Crippen LogP contribution in [0, 0.1) is 5.92 Å². The number of morpholine rings is 1. The van der Waals surface area contributed by atoms with E-state index in [4.69, 9.17) is 4.74 Å². The van der Waals surface area contributed by atoms with Crippen molar-refractivity contribution >= 4 is 6.03 Å². The number of hydrogen-bond acceptors (Lipinski definition) is 2. The van der Waals surface area contributed by atoms with E-state index in [1.54, 1.807) is 0 Å². The number of likely N-dealkylation sites (tertiary alicyclic amines) is 1. The summed E-state index contributed by atoms with van der Waals surface area (Å²) in [4.78, 5) is 16.3. The van der Waals surface area contributed by atoms with Crippen molar-refractivity contribution in [3.8, 4) is 0 Å². The average Bonchev–Trinajstić information content (AvgIpc) is 2.78. The molecule has 0 bridgehead atoms. The van der Waals surface area contributed by atoms with Gasteiger partial charge in [-0.1, -0.05) is 13.8 Å². The molecule has 2 saturated heterocycles. The Morgan fingerprint density at radius 2 is 1.94 bits per heavy atom. The molecule has 0 aromatic rings. The van der Waals surface area contributed by atoms with Crippen molar-refractivity contribution in [3.05, 3.63) is 0 Å². The Kier molecular flexibility index (Phi) is 3.69. The Hall–Kier alpha value is -0.770. The maximum atomic E-state index is 12.3. The molecule has 2 fully saturated rings. The Bertz CT molecular complexity index is 249. The molecule has 1 unspecified atom stereocenters. The van der Waals surface area contributed by atoms with Gasteiger partial charge in [0.2, 0.25) is 0 Å². The lowest BCUT2D eigenvalue weighted by atomic mass is 10.0. The van der Waals surface area contributed by atoms with Gasteiger partial charge in [0.15, 0.2) is 0 Å². The molecule has 0 aromatic heterocycles. The highest BCUT2D eigenvalue weighted by atomic mass is 16.5. The number of ether oxygens (including phenoxy) is 1. The Labute approximate surface area is 97.5 Å². The second kappa shape index (κ2) is 5.04. The molecule has 2 amide bonds. The van der Waals surface area contributed by atoms with Crippen LogP contribution in [0.2, 0.25) is 0 Å². The number of amides is 2.